The predicted octanol–water partition coefficient (Wildman–Crippen LogP) is 0.830. The summed E-state index contributed by atoms with van der Waals surface area (Å²) in [5, 5.41) is 5.45. The Balaban J connectivity index is 1.98. The molecule has 1 fully saturated rings. The molecule has 2 N–H and O–H groups in total. The van der Waals surface area contributed by atoms with Crippen LogP contribution in [0.3, 0.4) is 0 Å². The zero-order valence-electron chi connectivity index (χ0n) is 15.3. The number of hydrogen-bond acceptors (Lipinski definition) is 4. The van der Waals surface area contributed by atoms with Gasteiger partial charge in [-0.1, -0.05) is 29.8 Å². The number of carbonyl (C=O) groups excluding carboxylic acids is 3. The molecule has 4 amide bonds. The van der Waals surface area contributed by atoms with E-state index in [1.165, 1.54) is 0 Å². The maximum atomic E-state index is 12.7. The molecule has 1 aliphatic rings. The molecule has 0 aromatic heterocycles. The van der Waals surface area contributed by atoms with Crippen molar-refractivity contribution >= 4 is 17.8 Å². The van der Waals surface area contributed by atoms with Crippen LogP contribution >= 0.6 is 0 Å². The molecule has 0 radical (unpaired) electrons. The first kappa shape index (κ1) is 18.9. The number of hydrogen-bond donors (Lipinski definition) is 2. The molecule has 0 spiro atoms. The highest BCUT2D eigenvalue weighted by Crippen LogP contribution is 2.28. The Bertz CT molecular complexity index is 657. The van der Waals surface area contributed by atoms with Crippen LogP contribution in [0.15, 0.2) is 24.3 Å². The summed E-state index contributed by atoms with van der Waals surface area (Å²) in [4.78, 5) is 40.0. The van der Waals surface area contributed by atoms with E-state index in [1.54, 1.807) is 6.92 Å². The number of carbonyl (C=O) groups is 3. The zero-order valence-corrected chi connectivity index (χ0v) is 15.3. The minimum Gasteiger partial charge on any atom is -0.354 e. The lowest BCUT2D eigenvalue weighted by atomic mass is 9.91. The SMILES string of the molecule is Cc1ccc(C2(C)NC(=O)N(CC(=O)NCCCN(C)C)C2=O)cc1. The molecule has 7 heteroatoms. The molecule has 0 bridgehead atoms. The Morgan fingerprint density at radius 2 is 1.88 bits per heavy atom. The van der Waals surface area contributed by atoms with Gasteiger partial charge in [-0.15, -0.1) is 0 Å². The van der Waals surface area contributed by atoms with Crippen LogP contribution in [0.4, 0.5) is 4.79 Å². The minimum atomic E-state index is -1.14. The van der Waals surface area contributed by atoms with Gasteiger partial charge >= 0.3 is 6.03 Å². The number of aryl methyl sites for hydroxylation is 1. The average molecular weight is 346 g/mol. The average Bonchev–Trinajstić information content (AvgIpc) is 2.76. The lowest BCUT2D eigenvalue weighted by Gasteiger charge is -2.22. The van der Waals surface area contributed by atoms with Crippen LogP contribution in [0, 0.1) is 6.92 Å². The quantitative estimate of drug-likeness (QED) is 0.566. The number of amides is 4. The van der Waals surface area contributed by atoms with Gasteiger partial charge in [-0.25, -0.2) is 4.79 Å². The summed E-state index contributed by atoms with van der Waals surface area (Å²) in [6.07, 6.45) is 0.806. The van der Waals surface area contributed by atoms with Crippen molar-refractivity contribution in [1.29, 1.82) is 0 Å². The number of benzene rings is 1. The Labute approximate surface area is 148 Å². The van der Waals surface area contributed by atoms with Gasteiger partial charge in [0.15, 0.2) is 0 Å². The Morgan fingerprint density at radius 1 is 1.24 bits per heavy atom. The van der Waals surface area contributed by atoms with Crippen LogP contribution < -0.4 is 10.6 Å². The summed E-state index contributed by atoms with van der Waals surface area (Å²) in [7, 11) is 3.92. The van der Waals surface area contributed by atoms with Crippen molar-refractivity contribution < 1.29 is 14.4 Å². The predicted molar refractivity (Wildman–Crippen MR) is 95.0 cm³/mol. The summed E-state index contributed by atoms with van der Waals surface area (Å²) >= 11 is 0. The third kappa shape index (κ3) is 4.36. The van der Waals surface area contributed by atoms with E-state index >= 15 is 0 Å². The highest BCUT2D eigenvalue weighted by molar-refractivity contribution is 6.09. The van der Waals surface area contributed by atoms with E-state index < -0.39 is 17.5 Å². The number of imide groups is 1. The first-order valence-corrected chi connectivity index (χ1v) is 8.36. The van der Waals surface area contributed by atoms with Gasteiger partial charge in [-0.05, 0) is 46.5 Å². The molecule has 25 heavy (non-hydrogen) atoms. The second-order valence-corrected chi connectivity index (χ2v) is 6.82. The topological polar surface area (TPSA) is 81.8 Å². The van der Waals surface area contributed by atoms with Crippen LogP contribution in [-0.2, 0) is 15.1 Å². The van der Waals surface area contributed by atoms with Gasteiger partial charge < -0.3 is 15.5 Å². The zero-order chi connectivity index (χ0) is 18.6. The van der Waals surface area contributed by atoms with Crippen LogP contribution in [0.5, 0.6) is 0 Å². The van der Waals surface area contributed by atoms with Crippen molar-refractivity contribution in [2.45, 2.75) is 25.8 Å². The fourth-order valence-electron chi connectivity index (χ4n) is 2.75. The molecular weight excluding hydrogens is 320 g/mol. The molecule has 0 saturated carbocycles. The van der Waals surface area contributed by atoms with Crippen LogP contribution in [-0.4, -0.2) is 61.4 Å². The van der Waals surface area contributed by atoms with E-state index in [0.717, 1.165) is 23.4 Å². The van der Waals surface area contributed by atoms with Crippen molar-refractivity contribution in [3.05, 3.63) is 35.4 Å². The molecule has 136 valence electrons. The van der Waals surface area contributed by atoms with Crippen molar-refractivity contribution in [2.75, 3.05) is 33.7 Å². The van der Waals surface area contributed by atoms with Gasteiger partial charge in [-0.2, -0.15) is 0 Å². The molecule has 1 aromatic carbocycles. The largest absolute Gasteiger partial charge is 0.354 e. The lowest BCUT2D eigenvalue weighted by Crippen LogP contribution is -2.43. The van der Waals surface area contributed by atoms with Gasteiger partial charge in [0.25, 0.3) is 5.91 Å². The molecule has 1 unspecified atom stereocenters. The molecule has 1 saturated heterocycles. The van der Waals surface area contributed by atoms with E-state index in [-0.39, 0.29) is 12.5 Å². The Kier molecular flexibility index (Phi) is 5.79. The second-order valence-electron chi connectivity index (χ2n) is 6.82. The van der Waals surface area contributed by atoms with Crippen molar-refractivity contribution in [3.8, 4) is 0 Å². The molecule has 1 aliphatic heterocycles. The van der Waals surface area contributed by atoms with E-state index in [0.29, 0.717) is 12.1 Å². The summed E-state index contributed by atoms with van der Waals surface area (Å²) in [5.41, 5.74) is 0.624. The number of nitrogens with zero attached hydrogens (tertiary/aromatic N) is 2. The van der Waals surface area contributed by atoms with Crippen LogP contribution in [0.25, 0.3) is 0 Å². The van der Waals surface area contributed by atoms with Gasteiger partial charge in [-0.3, -0.25) is 14.5 Å². The monoisotopic (exact) mass is 346 g/mol. The first-order valence-electron chi connectivity index (χ1n) is 8.36. The third-order valence-corrected chi connectivity index (χ3v) is 4.31. The summed E-state index contributed by atoms with van der Waals surface area (Å²) in [6.45, 7) is 4.71. The summed E-state index contributed by atoms with van der Waals surface area (Å²) in [6, 6.07) is 6.87. The molecule has 1 atom stereocenters. The Morgan fingerprint density at radius 3 is 2.48 bits per heavy atom. The maximum Gasteiger partial charge on any atom is 0.325 e. The second kappa shape index (κ2) is 7.65. The normalized spacial score (nSPS) is 20.1. The standard InChI is InChI=1S/C18H26N4O3/c1-13-6-8-14(9-7-13)18(2)16(24)22(17(25)20-18)12-15(23)19-10-5-11-21(3)4/h6-9H,5,10-12H2,1-4H3,(H,19,23)(H,20,25). The fourth-order valence-corrected chi connectivity index (χ4v) is 2.75. The third-order valence-electron chi connectivity index (χ3n) is 4.31. The summed E-state index contributed by atoms with van der Waals surface area (Å²) < 4.78 is 0. The van der Waals surface area contributed by atoms with Crippen molar-refractivity contribution in [2.24, 2.45) is 0 Å². The number of urea groups is 1. The summed E-state index contributed by atoms with van der Waals surface area (Å²) in [5.74, 6) is -0.750. The van der Waals surface area contributed by atoms with Gasteiger partial charge in [0.2, 0.25) is 5.91 Å². The van der Waals surface area contributed by atoms with Crippen LogP contribution in [0.1, 0.15) is 24.5 Å². The first-order chi connectivity index (χ1) is 11.7. The molecule has 1 heterocycles. The van der Waals surface area contributed by atoms with E-state index in [1.807, 2.05) is 50.2 Å². The van der Waals surface area contributed by atoms with Gasteiger partial charge in [0, 0.05) is 6.54 Å². The maximum absolute atomic E-state index is 12.7. The van der Waals surface area contributed by atoms with Crippen molar-refractivity contribution in [1.82, 2.24) is 20.4 Å². The Hall–Kier alpha value is -2.41. The smallest absolute Gasteiger partial charge is 0.325 e. The number of nitrogens with one attached hydrogen (secondary N) is 2. The van der Waals surface area contributed by atoms with Gasteiger partial charge in [0.05, 0.1) is 0 Å². The van der Waals surface area contributed by atoms with E-state index in [2.05, 4.69) is 10.6 Å². The van der Waals surface area contributed by atoms with Crippen molar-refractivity contribution in [3.63, 3.8) is 0 Å². The molecular formula is C18H26N4O3. The minimum absolute atomic E-state index is 0.270. The van der Waals surface area contributed by atoms with E-state index in [9.17, 15) is 14.4 Å². The van der Waals surface area contributed by atoms with Gasteiger partial charge in [0.1, 0.15) is 12.1 Å². The molecule has 7 nitrogen and oxygen atoms in total. The highest BCUT2D eigenvalue weighted by atomic mass is 16.2. The van der Waals surface area contributed by atoms with Crippen LogP contribution in [0.2, 0.25) is 0 Å². The highest BCUT2D eigenvalue weighted by Gasteiger charge is 2.49. The lowest BCUT2D eigenvalue weighted by molar-refractivity contribution is -0.134. The number of rotatable bonds is 7. The molecule has 1 aromatic rings. The molecule has 2 rings (SSSR count). The molecule has 0 aliphatic carbocycles. The fraction of sp³-hybridized carbons (Fsp3) is 0.500. The van der Waals surface area contributed by atoms with E-state index in [4.69, 9.17) is 0 Å².